The number of urea groups is 1. The van der Waals surface area contributed by atoms with E-state index < -0.39 is 6.04 Å². The number of nitrogens with one attached hydrogen (secondary N) is 2. The summed E-state index contributed by atoms with van der Waals surface area (Å²) in [6, 6.07) is 11.4. The molecular formula is C27H35N3O4S. The smallest absolute Gasteiger partial charge is 0.318 e. The zero-order chi connectivity index (χ0) is 24.8. The Kier molecular flexibility index (Phi) is 8.44. The van der Waals surface area contributed by atoms with E-state index in [2.05, 4.69) is 22.8 Å². The average molecular weight is 498 g/mol. The Morgan fingerprint density at radius 1 is 1.09 bits per heavy atom. The maximum Gasteiger partial charge on any atom is 0.318 e. The number of fused-ring (bicyclic) bond motifs is 2. The number of aryl methyl sites for hydroxylation is 1. The van der Waals surface area contributed by atoms with E-state index in [4.69, 9.17) is 9.47 Å². The lowest BCUT2D eigenvalue weighted by Gasteiger charge is -2.32. The van der Waals surface area contributed by atoms with Crippen LogP contribution in [0.4, 0.5) is 4.79 Å². The largest absolute Gasteiger partial charge is 0.493 e. The first-order valence-electron chi connectivity index (χ1n) is 12.2. The zero-order valence-corrected chi connectivity index (χ0v) is 21.6. The summed E-state index contributed by atoms with van der Waals surface area (Å²) in [4.78, 5) is 28.3. The van der Waals surface area contributed by atoms with Crippen molar-refractivity contribution < 1.29 is 19.1 Å². The Morgan fingerprint density at radius 2 is 1.83 bits per heavy atom. The van der Waals surface area contributed by atoms with E-state index in [9.17, 15) is 9.59 Å². The highest BCUT2D eigenvalue weighted by Gasteiger charge is 2.29. The summed E-state index contributed by atoms with van der Waals surface area (Å²) in [5.41, 5.74) is 4.68. The minimum absolute atomic E-state index is 0.00885. The van der Waals surface area contributed by atoms with Crippen LogP contribution < -0.4 is 20.1 Å². The number of carbonyl (C=O) groups is 2. The van der Waals surface area contributed by atoms with Gasteiger partial charge in [0, 0.05) is 13.1 Å². The maximum absolute atomic E-state index is 13.3. The highest BCUT2D eigenvalue weighted by atomic mass is 32.2. The number of thioether (sulfide) groups is 1. The fourth-order valence-electron chi connectivity index (χ4n) is 4.98. The molecule has 0 aromatic heterocycles. The summed E-state index contributed by atoms with van der Waals surface area (Å²) in [7, 11) is 3.23. The molecule has 0 saturated heterocycles. The van der Waals surface area contributed by atoms with Crippen LogP contribution in [0.2, 0.25) is 0 Å². The topological polar surface area (TPSA) is 79.9 Å². The van der Waals surface area contributed by atoms with Gasteiger partial charge >= 0.3 is 6.03 Å². The Morgan fingerprint density at radius 3 is 2.57 bits per heavy atom. The van der Waals surface area contributed by atoms with Gasteiger partial charge in [-0.2, -0.15) is 11.8 Å². The Labute approximate surface area is 211 Å². The molecule has 2 atom stereocenters. The molecule has 2 aliphatic rings. The van der Waals surface area contributed by atoms with Crippen LogP contribution >= 0.6 is 11.8 Å². The lowest BCUT2D eigenvalue weighted by Crippen LogP contribution is -2.52. The van der Waals surface area contributed by atoms with Crippen molar-refractivity contribution in [3.05, 3.63) is 58.7 Å². The number of hydrogen-bond donors (Lipinski definition) is 2. The van der Waals surface area contributed by atoms with Crippen LogP contribution in [-0.4, -0.2) is 55.7 Å². The minimum atomic E-state index is -0.573. The normalized spacial score (nSPS) is 17.6. The van der Waals surface area contributed by atoms with E-state index >= 15 is 0 Å². The molecule has 188 valence electrons. The highest BCUT2D eigenvalue weighted by molar-refractivity contribution is 7.98. The monoisotopic (exact) mass is 497 g/mol. The van der Waals surface area contributed by atoms with E-state index in [0.29, 0.717) is 31.0 Å². The second-order valence-corrected chi connectivity index (χ2v) is 10.1. The summed E-state index contributed by atoms with van der Waals surface area (Å²) >= 11 is 1.67. The predicted octanol–water partition coefficient (Wildman–Crippen LogP) is 4.09. The van der Waals surface area contributed by atoms with Gasteiger partial charge in [-0.15, -0.1) is 0 Å². The third-order valence-electron chi connectivity index (χ3n) is 6.92. The quantitative estimate of drug-likeness (QED) is 0.574. The number of methoxy groups -OCH3 is 2. The first-order chi connectivity index (χ1) is 17.0. The van der Waals surface area contributed by atoms with Crippen molar-refractivity contribution in [3.63, 3.8) is 0 Å². The van der Waals surface area contributed by atoms with Crippen molar-refractivity contribution in [2.45, 2.75) is 50.7 Å². The van der Waals surface area contributed by atoms with Gasteiger partial charge in [-0.3, -0.25) is 4.79 Å². The SMILES string of the molecule is COc1cc2c(cc1OC)CN(C(=O)NC(CCSC)C(=O)NC1CCCc3ccccc31)CC2. The summed E-state index contributed by atoms with van der Waals surface area (Å²) in [5, 5.41) is 6.25. The molecule has 8 heteroatoms. The molecule has 2 aromatic rings. The summed E-state index contributed by atoms with van der Waals surface area (Å²) in [6.45, 7) is 1.05. The Bertz CT molecular complexity index is 1060. The number of amides is 3. The molecule has 2 aromatic carbocycles. The number of hydrogen-bond acceptors (Lipinski definition) is 5. The van der Waals surface area contributed by atoms with E-state index in [0.717, 1.165) is 42.6 Å². The fraction of sp³-hybridized carbons (Fsp3) is 0.481. The Hall–Kier alpha value is -2.87. The second kappa shape index (κ2) is 11.7. The van der Waals surface area contributed by atoms with E-state index in [1.807, 2.05) is 30.5 Å². The molecule has 3 amide bonds. The molecule has 1 heterocycles. The van der Waals surface area contributed by atoms with Crippen molar-refractivity contribution >= 4 is 23.7 Å². The molecule has 1 aliphatic heterocycles. The van der Waals surface area contributed by atoms with Crippen molar-refractivity contribution in [2.75, 3.05) is 32.8 Å². The predicted molar refractivity (Wildman–Crippen MR) is 139 cm³/mol. The van der Waals surface area contributed by atoms with Gasteiger partial charge in [-0.1, -0.05) is 24.3 Å². The summed E-state index contributed by atoms with van der Waals surface area (Å²) in [5.74, 6) is 2.03. The van der Waals surface area contributed by atoms with Gasteiger partial charge < -0.3 is 25.0 Å². The van der Waals surface area contributed by atoms with E-state index in [-0.39, 0.29) is 18.0 Å². The number of rotatable bonds is 8. The van der Waals surface area contributed by atoms with Crippen molar-refractivity contribution in [1.29, 1.82) is 0 Å². The molecule has 2 N–H and O–H groups in total. The fourth-order valence-corrected chi connectivity index (χ4v) is 5.45. The van der Waals surface area contributed by atoms with E-state index in [1.54, 1.807) is 30.9 Å². The van der Waals surface area contributed by atoms with Gasteiger partial charge in [0.05, 0.1) is 20.3 Å². The first-order valence-corrected chi connectivity index (χ1v) is 13.6. The van der Waals surface area contributed by atoms with Crippen LogP contribution in [0.15, 0.2) is 36.4 Å². The van der Waals surface area contributed by atoms with Gasteiger partial charge in [0.1, 0.15) is 6.04 Å². The molecule has 0 spiro atoms. The van der Waals surface area contributed by atoms with Crippen LogP contribution in [0.1, 0.15) is 47.6 Å². The van der Waals surface area contributed by atoms with Crippen molar-refractivity contribution in [1.82, 2.24) is 15.5 Å². The van der Waals surface area contributed by atoms with Gasteiger partial charge in [0.2, 0.25) is 5.91 Å². The third kappa shape index (κ3) is 5.86. The lowest BCUT2D eigenvalue weighted by atomic mass is 9.87. The van der Waals surface area contributed by atoms with Gasteiger partial charge in [0.25, 0.3) is 0 Å². The van der Waals surface area contributed by atoms with Gasteiger partial charge in [-0.25, -0.2) is 4.79 Å². The van der Waals surface area contributed by atoms with Crippen LogP contribution in [0.25, 0.3) is 0 Å². The van der Waals surface area contributed by atoms with Gasteiger partial charge in [0.15, 0.2) is 11.5 Å². The molecule has 0 saturated carbocycles. The highest BCUT2D eigenvalue weighted by Crippen LogP contribution is 2.33. The molecule has 4 rings (SSSR count). The zero-order valence-electron chi connectivity index (χ0n) is 20.8. The van der Waals surface area contributed by atoms with Crippen LogP contribution in [0, 0.1) is 0 Å². The Balaban J connectivity index is 1.43. The number of ether oxygens (including phenoxy) is 2. The molecule has 0 bridgehead atoms. The summed E-state index contributed by atoms with van der Waals surface area (Å²) in [6.07, 6.45) is 6.33. The van der Waals surface area contributed by atoms with Gasteiger partial charge in [-0.05, 0) is 78.5 Å². The van der Waals surface area contributed by atoms with Crippen LogP contribution in [-0.2, 0) is 24.2 Å². The second-order valence-electron chi connectivity index (χ2n) is 9.08. The number of nitrogens with zero attached hydrogens (tertiary/aromatic N) is 1. The molecule has 0 radical (unpaired) electrons. The van der Waals surface area contributed by atoms with Crippen molar-refractivity contribution in [3.8, 4) is 11.5 Å². The number of benzene rings is 2. The third-order valence-corrected chi connectivity index (χ3v) is 7.56. The molecular weight excluding hydrogens is 462 g/mol. The van der Waals surface area contributed by atoms with Crippen LogP contribution in [0.5, 0.6) is 11.5 Å². The number of carbonyl (C=O) groups excluding carboxylic acids is 2. The maximum atomic E-state index is 13.3. The summed E-state index contributed by atoms with van der Waals surface area (Å²) < 4.78 is 10.8. The molecule has 0 fully saturated rings. The molecule has 35 heavy (non-hydrogen) atoms. The van der Waals surface area contributed by atoms with Crippen LogP contribution in [0.3, 0.4) is 0 Å². The average Bonchev–Trinajstić information content (AvgIpc) is 2.89. The molecule has 1 aliphatic carbocycles. The van der Waals surface area contributed by atoms with Crippen molar-refractivity contribution in [2.24, 2.45) is 0 Å². The first kappa shape index (κ1) is 25.2. The molecule has 7 nitrogen and oxygen atoms in total. The standard InChI is InChI=1S/C27H35N3O4S/c1-33-24-15-19-11-13-30(17-20(19)16-25(24)34-2)27(32)29-23(12-14-35-3)26(31)28-22-10-6-8-18-7-4-5-9-21(18)22/h4-5,7,9,15-16,22-23H,6,8,10-14,17H2,1-3H3,(H,28,31)(H,29,32). The van der Waals surface area contributed by atoms with E-state index in [1.165, 1.54) is 11.1 Å². The molecule has 2 unspecified atom stereocenters. The minimum Gasteiger partial charge on any atom is -0.493 e. The lowest BCUT2D eigenvalue weighted by molar-refractivity contribution is -0.123.